The first-order valence-electron chi connectivity index (χ1n) is 16.4. The third kappa shape index (κ3) is 4.73. The Bertz CT molecular complexity index is 2890. The molecule has 10 rings (SSSR count). The molecular formula is C45H27N3O. The van der Waals surface area contributed by atoms with Crippen molar-refractivity contribution in [2.45, 2.75) is 0 Å². The number of benzene rings is 8. The van der Waals surface area contributed by atoms with Crippen LogP contribution in [0.25, 0.3) is 99.5 Å². The van der Waals surface area contributed by atoms with Gasteiger partial charge >= 0.3 is 0 Å². The summed E-state index contributed by atoms with van der Waals surface area (Å²) in [7, 11) is 0. The van der Waals surface area contributed by atoms with E-state index >= 15 is 0 Å². The van der Waals surface area contributed by atoms with Crippen LogP contribution in [0.1, 0.15) is 0 Å². The Morgan fingerprint density at radius 3 is 1.67 bits per heavy atom. The van der Waals surface area contributed by atoms with Gasteiger partial charge in [-0.1, -0.05) is 121 Å². The maximum absolute atomic E-state index is 6.17. The summed E-state index contributed by atoms with van der Waals surface area (Å²) in [6.07, 6.45) is 0. The molecule has 0 radical (unpaired) electrons. The molecule has 0 aliphatic heterocycles. The molecule has 2 heterocycles. The van der Waals surface area contributed by atoms with Crippen LogP contribution in [0, 0.1) is 0 Å². The molecule has 228 valence electrons. The highest BCUT2D eigenvalue weighted by Gasteiger charge is 2.16. The first-order valence-corrected chi connectivity index (χ1v) is 16.4. The van der Waals surface area contributed by atoms with Gasteiger partial charge in [0.05, 0.1) is 0 Å². The molecule has 0 saturated carbocycles. The summed E-state index contributed by atoms with van der Waals surface area (Å²) in [6, 6.07) is 57.1. The van der Waals surface area contributed by atoms with Crippen LogP contribution in [-0.2, 0) is 0 Å². The van der Waals surface area contributed by atoms with E-state index in [-0.39, 0.29) is 0 Å². The molecule has 4 nitrogen and oxygen atoms in total. The Morgan fingerprint density at radius 2 is 0.878 bits per heavy atom. The fraction of sp³-hybridized carbons (Fsp3) is 0. The van der Waals surface area contributed by atoms with Gasteiger partial charge in [-0.25, -0.2) is 15.0 Å². The molecule has 0 atom stereocenters. The largest absolute Gasteiger partial charge is 0.456 e. The summed E-state index contributed by atoms with van der Waals surface area (Å²) in [6.45, 7) is 0. The van der Waals surface area contributed by atoms with Crippen LogP contribution in [0.5, 0.6) is 0 Å². The molecule has 0 saturated heterocycles. The SMILES string of the molecule is c1ccc(-c2cc(-c3nc(-c4ccc5ccccc5c4)nc(-c4ccc5cc6oc7ccccc7c6cc5c4)n3)cc3ccccc23)cc1. The van der Waals surface area contributed by atoms with Crippen molar-refractivity contribution in [2.75, 3.05) is 0 Å². The van der Waals surface area contributed by atoms with Crippen molar-refractivity contribution < 1.29 is 4.42 Å². The van der Waals surface area contributed by atoms with E-state index < -0.39 is 0 Å². The molecule has 0 fully saturated rings. The van der Waals surface area contributed by atoms with Gasteiger partial charge in [0.1, 0.15) is 11.2 Å². The lowest BCUT2D eigenvalue weighted by molar-refractivity contribution is 0.669. The predicted octanol–water partition coefficient (Wildman–Crippen LogP) is 11.9. The minimum Gasteiger partial charge on any atom is -0.456 e. The number of rotatable bonds is 4. The van der Waals surface area contributed by atoms with E-state index in [4.69, 9.17) is 19.4 Å². The monoisotopic (exact) mass is 625 g/mol. The van der Waals surface area contributed by atoms with Crippen molar-refractivity contribution >= 4 is 54.3 Å². The molecule has 2 aromatic heterocycles. The smallest absolute Gasteiger partial charge is 0.164 e. The summed E-state index contributed by atoms with van der Waals surface area (Å²) in [4.78, 5) is 15.4. The summed E-state index contributed by atoms with van der Waals surface area (Å²) < 4.78 is 6.17. The van der Waals surface area contributed by atoms with Crippen molar-refractivity contribution in [1.82, 2.24) is 15.0 Å². The highest BCUT2D eigenvalue weighted by molar-refractivity contribution is 6.10. The first kappa shape index (κ1) is 27.5. The van der Waals surface area contributed by atoms with Crippen molar-refractivity contribution in [1.29, 1.82) is 0 Å². The van der Waals surface area contributed by atoms with E-state index in [1.807, 2.05) is 18.2 Å². The van der Waals surface area contributed by atoms with E-state index in [1.54, 1.807) is 0 Å². The van der Waals surface area contributed by atoms with Gasteiger partial charge in [-0.15, -0.1) is 0 Å². The maximum Gasteiger partial charge on any atom is 0.164 e. The van der Waals surface area contributed by atoms with Crippen LogP contribution in [-0.4, -0.2) is 15.0 Å². The molecule has 0 amide bonds. The summed E-state index contributed by atoms with van der Waals surface area (Å²) in [5.41, 5.74) is 6.88. The minimum absolute atomic E-state index is 0.627. The fourth-order valence-corrected chi connectivity index (χ4v) is 7.00. The molecule has 0 N–H and O–H groups in total. The second-order valence-corrected chi connectivity index (χ2v) is 12.5. The molecule has 0 aliphatic carbocycles. The topological polar surface area (TPSA) is 51.8 Å². The zero-order valence-electron chi connectivity index (χ0n) is 26.3. The number of para-hydroxylation sites is 1. The number of hydrogen-bond donors (Lipinski definition) is 0. The van der Waals surface area contributed by atoms with E-state index in [9.17, 15) is 0 Å². The molecule has 4 heteroatoms. The number of fused-ring (bicyclic) bond motifs is 6. The van der Waals surface area contributed by atoms with Crippen LogP contribution in [0.2, 0.25) is 0 Å². The summed E-state index contributed by atoms with van der Waals surface area (Å²) >= 11 is 0. The van der Waals surface area contributed by atoms with Gasteiger partial charge < -0.3 is 4.42 Å². The molecule has 8 aromatic carbocycles. The lowest BCUT2D eigenvalue weighted by Crippen LogP contribution is -2.00. The Morgan fingerprint density at radius 1 is 0.306 bits per heavy atom. The van der Waals surface area contributed by atoms with E-state index in [1.165, 1.54) is 10.8 Å². The van der Waals surface area contributed by atoms with Crippen molar-refractivity contribution in [3.8, 4) is 45.3 Å². The zero-order valence-corrected chi connectivity index (χ0v) is 26.3. The van der Waals surface area contributed by atoms with E-state index in [0.717, 1.165) is 71.3 Å². The summed E-state index contributed by atoms with van der Waals surface area (Å²) in [5, 5.41) is 9.04. The predicted molar refractivity (Wildman–Crippen MR) is 201 cm³/mol. The average molecular weight is 626 g/mol. The summed E-state index contributed by atoms with van der Waals surface area (Å²) in [5.74, 6) is 1.89. The highest BCUT2D eigenvalue weighted by Crippen LogP contribution is 2.36. The van der Waals surface area contributed by atoms with Crippen LogP contribution >= 0.6 is 0 Å². The van der Waals surface area contributed by atoms with Crippen LogP contribution in [0.15, 0.2) is 168 Å². The third-order valence-electron chi connectivity index (χ3n) is 9.44. The molecule has 10 aromatic rings. The zero-order chi connectivity index (χ0) is 32.3. The average Bonchev–Trinajstić information content (AvgIpc) is 3.53. The van der Waals surface area contributed by atoms with Gasteiger partial charge in [0, 0.05) is 27.5 Å². The maximum atomic E-state index is 6.17. The molecule has 0 unspecified atom stereocenters. The van der Waals surface area contributed by atoms with Crippen LogP contribution < -0.4 is 0 Å². The van der Waals surface area contributed by atoms with Crippen LogP contribution in [0.3, 0.4) is 0 Å². The Balaban J connectivity index is 1.20. The van der Waals surface area contributed by atoms with Gasteiger partial charge in [-0.2, -0.15) is 0 Å². The van der Waals surface area contributed by atoms with Crippen molar-refractivity contribution in [3.63, 3.8) is 0 Å². The standard InChI is InChI=1S/C45H27N3O/c1-2-11-29(12-3-1)39-26-36(23-32-14-6-7-15-37(32)39)45-47-43(33-20-18-28-10-4-5-13-30(28)22-33)46-44(48-45)34-21-19-31-27-42-40(25-35(31)24-34)38-16-8-9-17-41(38)49-42/h1-27H. The Labute approximate surface area is 282 Å². The first-order chi connectivity index (χ1) is 24.2. The van der Waals surface area contributed by atoms with Gasteiger partial charge in [0.15, 0.2) is 17.5 Å². The van der Waals surface area contributed by atoms with E-state index in [2.05, 4.69) is 146 Å². The second-order valence-electron chi connectivity index (χ2n) is 12.5. The van der Waals surface area contributed by atoms with Gasteiger partial charge in [0.25, 0.3) is 0 Å². The lowest BCUT2D eigenvalue weighted by atomic mass is 9.95. The minimum atomic E-state index is 0.627. The molecule has 0 spiro atoms. The second kappa shape index (κ2) is 11.0. The van der Waals surface area contributed by atoms with Gasteiger partial charge in [0.2, 0.25) is 0 Å². The normalized spacial score (nSPS) is 11.7. The Hall–Kier alpha value is -6.65. The molecule has 49 heavy (non-hydrogen) atoms. The number of aromatic nitrogens is 3. The Kier molecular flexibility index (Phi) is 6.15. The molecule has 0 bridgehead atoms. The fourth-order valence-electron chi connectivity index (χ4n) is 7.00. The number of furan rings is 1. The lowest BCUT2D eigenvalue weighted by Gasteiger charge is -2.13. The van der Waals surface area contributed by atoms with Gasteiger partial charge in [-0.05, 0) is 85.9 Å². The van der Waals surface area contributed by atoms with Crippen molar-refractivity contribution in [3.05, 3.63) is 164 Å². The van der Waals surface area contributed by atoms with Crippen LogP contribution in [0.4, 0.5) is 0 Å². The third-order valence-corrected chi connectivity index (χ3v) is 9.44. The highest BCUT2D eigenvalue weighted by atomic mass is 16.3. The van der Waals surface area contributed by atoms with Crippen molar-refractivity contribution in [2.24, 2.45) is 0 Å². The molecule has 0 aliphatic rings. The van der Waals surface area contributed by atoms with Gasteiger partial charge in [-0.3, -0.25) is 0 Å². The molecular weight excluding hydrogens is 599 g/mol. The quantitative estimate of drug-likeness (QED) is 0.195. The number of hydrogen-bond acceptors (Lipinski definition) is 4. The van der Waals surface area contributed by atoms with E-state index in [0.29, 0.717) is 17.5 Å². The number of nitrogens with zero attached hydrogens (tertiary/aromatic N) is 3.